The minimum Gasteiger partial charge on any atom is -0.493 e. The Labute approximate surface area is 173 Å². The molecule has 142 valence electrons. The van der Waals surface area contributed by atoms with Gasteiger partial charge in [0.1, 0.15) is 8.58 Å². The standard InChI is InChI=1S/C17H17IN4O4S/c1-5-26-15(23)13-8(2)19-17(27-13)22-16-20-10-7-12(25-4)11(24-3)6-9(10)14(18)21-16/h6-7H,5H2,1-4H3,(H,19,20,21,22). The third-order valence-corrected chi connectivity index (χ3v) is 5.51. The summed E-state index contributed by atoms with van der Waals surface area (Å²) in [6, 6.07) is 3.63. The summed E-state index contributed by atoms with van der Waals surface area (Å²) in [6.07, 6.45) is 0. The van der Waals surface area contributed by atoms with Crippen molar-refractivity contribution in [1.82, 2.24) is 15.0 Å². The normalized spacial score (nSPS) is 10.7. The first kappa shape index (κ1) is 19.5. The molecule has 0 atom stereocenters. The Hall–Kier alpha value is -2.21. The molecular formula is C17H17IN4O4S. The van der Waals surface area contributed by atoms with Gasteiger partial charge in [-0.25, -0.2) is 19.7 Å². The van der Waals surface area contributed by atoms with Crippen LogP contribution in [-0.2, 0) is 4.74 Å². The lowest BCUT2D eigenvalue weighted by molar-refractivity contribution is 0.0531. The number of anilines is 2. The molecule has 8 nitrogen and oxygen atoms in total. The molecule has 0 spiro atoms. The second-order valence-corrected chi connectivity index (χ2v) is 7.36. The number of aromatic nitrogens is 3. The number of fused-ring (bicyclic) bond motifs is 1. The Morgan fingerprint density at radius 1 is 1.19 bits per heavy atom. The van der Waals surface area contributed by atoms with Gasteiger partial charge in [-0.15, -0.1) is 0 Å². The first-order valence-electron chi connectivity index (χ1n) is 7.97. The molecule has 0 aliphatic carbocycles. The molecule has 0 amide bonds. The van der Waals surface area contributed by atoms with Crippen LogP contribution in [0, 0.1) is 10.6 Å². The van der Waals surface area contributed by atoms with E-state index in [-0.39, 0.29) is 5.97 Å². The highest BCUT2D eigenvalue weighted by molar-refractivity contribution is 14.1. The number of nitrogens with one attached hydrogen (secondary N) is 1. The summed E-state index contributed by atoms with van der Waals surface area (Å²) in [5, 5.41) is 4.43. The Kier molecular flexibility index (Phi) is 5.95. The molecule has 3 rings (SSSR count). The zero-order valence-corrected chi connectivity index (χ0v) is 18.1. The number of hydrogen-bond acceptors (Lipinski definition) is 9. The van der Waals surface area contributed by atoms with E-state index in [2.05, 4.69) is 42.9 Å². The maximum atomic E-state index is 12.0. The van der Waals surface area contributed by atoms with Crippen molar-refractivity contribution in [2.45, 2.75) is 13.8 Å². The van der Waals surface area contributed by atoms with Gasteiger partial charge in [0.25, 0.3) is 0 Å². The lowest BCUT2D eigenvalue weighted by Gasteiger charge is -2.10. The number of carbonyl (C=O) groups excluding carboxylic acids is 1. The third kappa shape index (κ3) is 4.05. The van der Waals surface area contributed by atoms with E-state index in [1.54, 1.807) is 34.1 Å². The Balaban J connectivity index is 1.96. The smallest absolute Gasteiger partial charge is 0.350 e. The van der Waals surface area contributed by atoms with E-state index >= 15 is 0 Å². The number of rotatable bonds is 6. The molecule has 0 fully saturated rings. The number of halogens is 1. The molecule has 0 saturated carbocycles. The number of carbonyl (C=O) groups is 1. The number of nitrogens with zero attached hydrogens (tertiary/aromatic N) is 3. The third-order valence-electron chi connectivity index (χ3n) is 3.63. The topological polar surface area (TPSA) is 95.5 Å². The molecule has 10 heteroatoms. The molecule has 0 bridgehead atoms. The Morgan fingerprint density at radius 3 is 2.56 bits per heavy atom. The maximum absolute atomic E-state index is 12.0. The van der Waals surface area contributed by atoms with E-state index < -0.39 is 0 Å². The average molecular weight is 500 g/mol. The molecule has 3 aromatic rings. The van der Waals surface area contributed by atoms with E-state index in [9.17, 15) is 4.79 Å². The number of aryl methyl sites for hydroxylation is 1. The molecule has 2 aromatic heterocycles. The predicted molar refractivity (Wildman–Crippen MR) is 111 cm³/mol. The van der Waals surface area contributed by atoms with Crippen LogP contribution in [0.1, 0.15) is 22.3 Å². The number of benzene rings is 1. The molecule has 0 radical (unpaired) electrons. The van der Waals surface area contributed by atoms with Gasteiger partial charge in [0.05, 0.1) is 32.0 Å². The first-order chi connectivity index (χ1) is 13.0. The van der Waals surface area contributed by atoms with Gasteiger partial charge in [-0.05, 0) is 42.5 Å². The zero-order valence-electron chi connectivity index (χ0n) is 15.1. The number of ether oxygens (including phenoxy) is 3. The molecule has 27 heavy (non-hydrogen) atoms. The van der Waals surface area contributed by atoms with Gasteiger partial charge in [0, 0.05) is 11.5 Å². The second-order valence-electron chi connectivity index (χ2n) is 5.34. The van der Waals surface area contributed by atoms with E-state index in [0.717, 1.165) is 9.09 Å². The fourth-order valence-corrected chi connectivity index (χ4v) is 3.92. The highest BCUT2D eigenvalue weighted by atomic mass is 127. The van der Waals surface area contributed by atoms with Crippen molar-refractivity contribution in [2.24, 2.45) is 0 Å². The van der Waals surface area contributed by atoms with Crippen LogP contribution >= 0.6 is 33.9 Å². The molecule has 0 unspecified atom stereocenters. The van der Waals surface area contributed by atoms with E-state index in [0.29, 0.717) is 45.3 Å². The van der Waals surface area contributed by atoms with Crippen molar-refractivity contribution in [1.29, 1.82) is 0 Å². The van der Waals surface area contributed by atoms with Crippen molar-refractivity contribution in [2.75, 3.05) is 26.1 Å². The van der Waals surface area contributed by atoms with Crippen molar-refractivity contribution < 1.29 is 19.0 Å². The summed E-state index contributed by atoms with van der Waals surface area (Å²) in [4.78, 5) is 25.8. The molecule has 1 N–H and O–H groups in total. The van der Waals surface area contributed by atoms with Crippen LogP contribution < -0.4 is 14.8 Å². The summed E-state index contributed by atoms with van der Waals surface area (Å²) in [5.74, 6) is 1.19. The molecule has 0 saturated heterocycles. The number of esters is 1. The van der Waals surface area contributed by atoms with Gasteiger partial charge < -0.3 is 14.2 Å². The van der Waals surface area contributed by atoms with Crippen LogP contribution in [0.5, 0.6) is 11.5 Å². The van der Waals surface area contributed by atoms with Gasteiger partial charge in [0.15, 0.2) is 16.6 Å². The van der Waals surface area contributed by atoms with Gasteiger partial charge in [-0.3, -0.25) is 5.32 Å². The Morgan fingerprint density at radius 2 is 1.89 bits per heavy atom. The zero-order chi connectivity index (χ0) is 19.6. The lowest BCUT2D eigenvalue weighted by atomic mass is 10.2. The molecular weight excluding hydrogens is 483 g/mol. The predicted octanol–water partition coefficient (Wildman–Crippen LogP) is 3.94. The SMILES string of the molecule is CCOC(=O)c1sc(Nc2nc(I)c3cc(OC)c(OC)cc3n2)nc1C. The maximum Gasteiger partial charge on any atom is 0.350 e. The summed E-state index contributed by atoms with van der Waals surface area (Å²) in [7, 11) is 3.16. The molecule has 0 aliphatic heterocycles. The summed E-state index contributed by atoms with van der Waals surface area (Å²) < 4.78 is 16.5. The minimum absolute atomic E-state index is 0.316. The van der Waals surface area contributed by atoms with Crippen LogP contribution in [-0.4, -0.2) is 41.7 Å². The number of thiazole rings is 1. The summed E-state index contributed by atoms with van der Waals surface area (Å²) >= 11 is 3.34. The van der Waals surface area contributed by atoms with Crippen molar-refractivity contribution in [3.63, 3.8) is 0 Å². The van der Waals surface area contributed by atoms with Gasteiger partial charge >= 0.3 is 5.97 Å². The fraction of sp³-hybridized carbons (Fsp3) is 0.294. The highest BCUT2D eigenvalue weighted by Crippen LogP contribution is 2.34. The van der Waals surface area contributed by atoms with Crippen LogP contribution in [0.15, 0.2) is 12.1 Å². The largest absolute Gasteiger partial charge is 0.493 e. The van der Waals surface area contributed by atoms with Gasteiger partial charge in [-0.1, -0.05) is 11.3 Å². The fourth-order valence-electron chi connectivity index (χ4n) is 2.41. The van der Waals surface area contributed by atoms with Crippen LogP contribution in [0.3, 0.4) is 0 Å². The summed E-state index contributed by atoms with van der Waals surface area (Å²) in [5.41, 5.74) is 1.30. The van der Waals surface area contributed by atoms with Crippen LogP contribution in [0.4, 0.5) is 11.1 Å². The van der Waals surface area contributed by atoms with E-state index in [1.165, 1.54) is 11.3 Å². The summed E-state index contributed by atoms with van der Waals surface area (Å²) in [6.45, 7) is 3.84. The quantitative estimate of drug-likeness (QED) is 0.309. The minimum atomic E-state index is -0.383. The molecule has 2 heterocycles. The van der Waals surface area contributed by atoms with Crippen molar-refractivity contribution in [3.05, 3.63) is 26.4 Å². The van der Waals surface area contributed by atoms with Crippen LogP contribution in [0.25, 0.3) is 10.9 Å². The first-order valence-corrected chi connectivity index (χ1v) is 9.87. The van der Waals surface area contributed by atoms with Gasteiger partial charge in [0.2, 0.25) is 5.95 Å². The van der Waals surface area contributed by atoms with Gasteiger partial charge in [-0.2, -0.15) is 0 Å². The van der Waals surface area contributed by atoms with Crippen molar-refractivity contribution >= 4 is 61.9 Å². The molecule has 1 aromatic carbocycles. The highest BCUT2D eigenvalue weighted by Gasteiger charge is 2.18. The van der Waals surface area contributed by atoms with E-state index in [4.69, 9.17) is 14.2 Å². The average Bonchev–Trinajstić information content (AvgIpc) is 3.01. The number of methoxy groups -OCH3 is 2. The lowest BCUT2D eigenvalue weighted by Crippen LogP contribution is -2.03. The van der Waals surface area contributed by atoms with Crippen LogP contribution in [0.2, 0.25) is 0 Å². The van der Waals surface area contributed by atoms with Crippen molar-refractivity contribution in [3.8, 4) is 11.5 Å². The van der Waals surface area contributed by atoms with E-state index in [1.807, 2.05) is 6.07 Å². The number of hydrogen-bond donors (Lipinski definition) is 1. The monoisotopic (exact) mass is 500 g/mol. The molecule has 0 aliphatic rings. The Bertz CT molecular complexity index is 1010. The second kappa shape index (κ2) is 8.21.